The van der Waals surface area contributed by atoms with Crippen LogP contribution in [0.5, 0.6) is 0 Å². The van der Waals surface area contributed by atoms with Crippen LogP contribution < -0.4 is 10.6 Å². The fourth-order valence-corrected chi connectivity index (χ4v) is 5.04. The van der Waals surface area contributed by atoms with Gasteiger partial charge < -0.3 is 20.5 Å². The molecule has 1 unspecified atom stereocenters. The molecule has 0 fully saturated rings. The van der Waals surface area contributed by atoms with Crippen molar-refractivity contribution in [2.75, 3.05) is 20.2 Å². The summed E-state index contributed by atoms with van der Waals surface area (Å²) in [5, 5.41) is 15.0. The van der Waals surface area contributed by atoms with Crippen LogP contribution in [0, 0.1) is 0 Å². The number of aliphatic carboxylic acids is 1. The molecule has 2 amide bonds. The van der Waals surface area contributed by atoms with Gasteiger partial charge in [0.1, 0.15) is 12.6 Å². The van der Waals surface area contributed by atoms with E-state index in [9.17, 15) is 19.5 Å². The topological polar surface area (TPSA) is 108 Å². The van der Waals surface area contributed by atoms with E-state index in [2.05, 4.69) is 34.9 Å². The Morgan fingerprint density at radius 1 is 0.897 bits per heavy atom. The number of benzene rings is 3. The van der Waals surface area contributed by atoms with Crippen LogP contribution in [0.2, 0.25) is 0 Å². The van der Waals surface area contributed by atoms with Gasteiger partial charge in [-0.15, -0.1) is 0 Å². The van der Waals surface area contributed by atoms with Crippen molar-refractivity contribution in [2.24, 2.45) is 0 Å². The first kappa shape index (κ1) is 27.9. The summed E-state index contributed by atoms with van der Waals surface area (Å²) in [6, 6.07) is 24.3. The lowest BCUT2D eigenvalue weighted by Gasteiger charge is -2.23. The second kappa shape index (κ2) is 13.1. The Labute approximate surface area is 229 Å². The second-order valence-corrected chi connectivity index (χ2v) is 9.92. The largest absolute Gasteiger partial charge is 0.480 e. The molecular weight excluding hydrogens is 494 g/mol. The van der Waals surface area contributed by atoms with Gasteiger partial charge in [-0.1, -0.05) is 85.8 Å². The summed E-state index contributed by atoms with van der Waals surface area (Å²) in [5.41, 5.74) is 5.58. The molecule has 2 atom stereocenters. The van der Waals surface area contributed by atoms with Crippen LogP contribution in [-0.4, -0.2) is 60.3 Å². The first-order chi connectivity index (χ1) is 18.9. The van der Waals surface area contributed by atoms with Gasteiger partial charge in [0.25, 0.3) is 0 Å². The van der Waals surface area contributed by atoms with Crippen LogP contribution in [-0.2, 0) is 20.9 Å². The highest BCUT2D eigenvalue weighted by Crippen LogP contribution is 2.44. The van der Waals surface area contributed by atoms with E-state index in [0.717, 1.165) is 27.8 Å². The molecule has 4 rings (SSSR count). The quantitative estimate of drug-likeness (QED) is 0.321. The molecule has 0 radical (unpaired) electrons. The van der Waals surface area contributed by atoms with Gasteiger partial charge in [-0.2, -0.15) is 0 Å². The lowest BCUT2D eigenvalue weighted by molar-refractivity contribution is -0.142. The number of amides is 2. The molecule has 0 bridgehead atoms. The first-order valence-corrected chi connectivity index (χ1v) is 13.2. The molecule has 1 aliphatic rings. The van der Waals surface area contributed by atoms with Crippen molar-refractivity contribution in [1.82, 2.24) is 15.5 Å². The highest BCUT2D eigenvalue weighted by molar-refractivity contribution is 5.84. The van der Waals surface area contributed by atoms with Gasteiger partial charge in [0.2, 0.25) is 5.91 Å². The number of carbonyl (C=O) groups excluding carboxylic acids is 2. The van der Waals surface area contributed by atoms with E-state index in [1.165, 1.54) is 0 Å². The number of ether oxygens (including phenoxy) is 1. The smallest absolute Gasteiger partial charge is 0.407 e. The van der Waals surface area contributed by atoms with Crippen LogP contribution >= 0.6 is 0 Å². The Morgan fingerprint density at radius 3 is 2.08 bits per heavy atom. The summed E-state index contributed by atoms with van der Waals surface area (Å²) in [7, 11) is 1.81. The predicted molar refractivity (Wildman–Crippen MR) is 149 cm³/mol. The number of carboxylic acids is 1. The Hall–Kier alpha value is -4.17. The van der Waals surface area contributed by atoms with E-state index in [-0.39, 0.29) is 25.5 Å². The molecule has 3 N–H and O–H groups in total. The molecule has 0 heterocycles. The minimum Gasteiger partial charge on any atom is -0.480 e. The lowest BCUT2D eigenvalue weighted by Crippen LogP contribution is -2.49. The zero-order valence-electron chi connectivity index (χ0n) is 22.3. The number of alkyl carbamates (subject to hydrolysis) is 1. The van der Waals surface area contributed by atoms with Crippen molar-refractivity contribution in [3.63, 3.8) is 0 Å². The molecule has 3 aromatic rings. The molecule has 0 aliphatic heterocycles. The number of carbonyl (C=O) groups is 3. The maximum atomic E-state index is 12.7. The maximum Gasteiger partial charge on any atom is 0.407 e. The van der Waals surface area contributed by atoms with E-state index in [4.69, 9.17) is 4.74 Å². The number of carboxylic acid groups (broad SMARTS) is 1. The van der Waals surface area contributed by atoms with E-state index in [0.29, 0.717) is 13.0 Å². The van der Waals surface area contributed by atoms with Gasteiger partial charge in [0, 0.05) is 31.5 Å². The highest BCUT2D eigenvalue weighted by Gasteiger charge is 2.29. The number of hydrogen-bond donors (Lipinski definition) is 3. The molecule has 39 heavy (non-hydrogen) atoms. The lowest BCUT2D eigenvalue weighted by atomic mass is 9.98. The van der Waals surface area contributed by atoms with Crippen molar-refractivity contribution < 1.29 is 24.2 Å². The van der Waals surface area contributed by atoms with E-state index >= 15 is 0 Å². The Kier molecular flexibility index (Phi) is 9.33. The van der Waals surface area contributed by atoms with E-state index < -0.39 is 30.1 Å². The van der Waals surface area contributed by atoms with Crippen molar-refractivity contribution in [2.45, 2.75) is 44.3 Å². The zero-order chi connectivity index (χ0) is 27.8. The summed E-state index contributed by atoms with van der Waals surface area (Å²) in [6.45, 7) is 2.73. The van der Waals surface area contributed by atoms with Gasteiger partial charge in [-0.05, 0) is 41.3 Å². The molecular formula is C31H35N3O5. The number of nitrogens with one attached hydrogen (secondary N) is 2. The normalized spacial score (nSPS) is 13.7. The fourth-order valence-electron chi connectivity index (χ4n) is 5.04. The monoisotopic (exact) mass is 529 g/mol. The summed E-state index contributed by atoms with van der Waals surface area (Å²) >= 11 is 0. The number of nitrogens with zero attached hydrogens (tertiary/aromatic N) is 1. The predicted octanol–water partition coefficient (Wildman–Crippen LogP) is 4.40. The minimum absolute atomic E-state index is 0.0487. The third-order valence-corrected chi connectivity index (χ3v) is 7.01. The van der Waals surface area contributed by atoms with Gasteiger partial charge in [-0.3, -0.25) is 9.69 Å². The third-order valence-electron chi connectivity index (χ3n) is 7.01. The van der Waals surface area contributed by atoms with Crippen molar-refractivity contribution >= 4 is 18.0 Å². The molecule has 204 valence electrons. The fraction of sp³-hybridized carbons (Fsp3) is 0.323. The van der Waals surface area contributed by atoms with Crippen molar-refractivity contribution in [1.29, 1.82) is 0 Å². The van der Waals surface area contributed by atoms with Gasteiger partial charge in [0.15, 0.2) is 0 Å². The SMILES string of the molecule is CC[C@@H](CC(=O)NC(CN(C)Cc1ccccc1)C(=O)O)NC(=O)OCC1c2ccccc2-c2ccccc21. The summed E-state index contributed by atoms with van der Waals surface area (Å²) in [4.78, 5) is 39.0. The number of likely N-dealkylation sites (N-methyl/N-ethyl adjacent to an activating group) is 1. The maximum absolute atomic E-state index is 12.7. The average Bonchev–Trinajstić information content (AvgIpc) is 3.25. The summed E-state index contributed by atoms with van der Waals surface area (Å²) < 4.78 is 5.60. The van der Waals surface area contributed by atoms with Crippen LogP contribution in [0.3, 0.4) is 0 Å². The number of fused-ring (bicyclic) bond motifs is 3. The molecule has 8 heteroatoms. The zero-order valence-corrected chi connectivity index (χ0v) is 22.3. The molecule has 8 nitrogen and oxygen atoms in total. The van der Waals surface area contributed by atoms with Gasteiger partial charge >= 0.3 is 12.1 Å². The molecule has 1 aliphatic carbocycles. The Morgan fingerprint density at radius 2 is 1.49 bits per heavy atom. The molecule has 0 aromatic heterocycles. The first-order valence-electron chi connectivity index (χ1n) is 13.2. The second-order valence-electron chi connectivity index (χ2n) is 9.92. The van der Waals surface area contributed by atoms with Crippen LogP contribution in [0.15, 0.2) is 78.9 Å². The van der Waals surface area contributed by atoms with Crippen molar-refractivity contribution in [3.05, 3.63) is 95.6 Å². The number of hydrogen-bond acceptors (Lipinski definition) is 5. The van der Waals surface area contributed by atoms with Gasteiger partial charge in [0.05, 0.1) is 0 Å². The number of rotatable bonds is 12. The third kappa shape index (κ3) is 7.23. The van der Waals surface area contributed by atoms with Crippen LogP contribution in [0.25, 0.3) is 11.1 Å². The van der Waals surface area contributed by atoms with Crippen molar-refractivity contribution in [3.8, 4) is 11.1 Å². The van der Waals surface area contributed by atoms with E-state index in [1.807, 2.05) is 73.5 Å². The summed E-state index contributed by atoms with van der Waals surface area (Å²) in [5.74, 6) is -1.61. The Balaban J connectivity index is 1.28. The minimum atomic E-state index is -1.11. The average molecular weight is 530 g/mol. The molecule has 3 aromatic carbocycles. The molecule has 0 spiro atoms. The van der Waals surface area contributed by atoms with Crippen LogP contribution in [0.1, 0.15) is 42.4 Å². The Bertz CT molecular complexity index is 1250. The standard InChI is InChI=1S/C31H35N3O5/c1-3-22(17-29(35)33-28(30(36)37)19-34(2)18-21-11-5-4-6-12-21)32-31(38)39-20-27-25-15-9-7-13-23(25)24-14-8-10-16-26(24)27/h4-16,22,27-28H,3,17-20H2,1-2H3,(H,32,38)(H,33,35)(H,36,37)/t22-,28?/m0/s1. The summed E-state index contributed by atoms with van der Waals surface area (Å²) in [6.07, 6.45) is -0.162. The highest BCUT2D eigenvalue weighted by atomic mass is 16.5. The van der Waals surface area contributed by atoms with Crippen LogP contribution in [0.4, 0.5) is 4.79 Å². The van der Waals surface area contributed by atoms with E-state index in [1.54, 1.807) is 0 Å². The van der Waals surface area contributed by atoms with Gasteiger partial charge in [-0.25, -0.2) is 9.59 Å². The molecule has 0 saturated carbocycles. The molecule has 0 saturated heterocycles.